The summed E-state index contributed by atoms with van der Waals surface area (Å²) in [5, 5.41) is 16.5. The third-order valence-electron chi connectivity index (χ3n) is 0.241. The van der Waals surface area contributed by atoms with Crippen molar-refractivity contribution >= 4 is 6.09 Å². The van der Waals surface area contributed by atoms with Crippen LogP contribution in [-0.2, 0) is 4.89 Å². The van der Waals surface area contributed by atoms with Gasteiger partial charge in [0.2, 0.25) is 0 Å². The second-order valence-electron chi connectivity index (χ2n) is 0.616. The first-order chi connectivity index (χ1) is 3.31. The highest BCUT2D eigenvalue weighted by Gasteiger charge is 1.93. The average Bonchev–Trinajstić information content (AvgIpc) is 1.68. The number of nitrogens with zero attached hydrogens (tertiary/aromatic N) is 1. The van der Waals surface area contributed by atoms with Crippen LogP contribution in [0.5, 0.6) is 0 Å². The largest absolute Gasteiger partial charge is 0.451 e. The van der Waals surface area contributed by atoms with Crippen LogP contribution in [0.2, 0.25) is 0 Å². The molecule has 0 aliphatic rings. The zero-order valence-corrected chi connectivity index (χ0v) is 3.21. The molecule has 0 aromatic heterocycles. The van der Waals surface area contributed by atoms with Crippen molar-refractivity contribution in [2.45, 2.75) is 0 Å². The molecule has 0 fully saturated rings. The van der Waals surface area contributed by atoms with Crippen LogP contribution < -0.4 is 5.32 Å². The summed E-state index contributed by atoms with van der Waals surface area (Å²) in [6.45, 7) is 0. The summed E-state index contributed by atoms with van der Waals surface area (Å²) in [5.41, 5.74) is 0. The summed E-state index contributed by atoms with van der Waals surface area (Å²) in [6, 6.07) is 0. The molecule has 0 heterocycles. The highest BCUT2D eigenvalue weighted by atomic mass is 17.1. The summed E-state index contributed by atoms with van der Waals surface area (Å²) >= 11 is 0. The van der Waals surface area contributed by atoms with Gasteiger partial charge in [-0.15, -0.1) is 0 Å². The predicted molar refractivity (Wildman–Crippen MR) is 17.9 cm³/mol. The molecule has 0 aromatic carbocycles. The topological polar surface area (TPSA) is 82.4 Å². The normalized spacial score (nSPS) is 6.29. The minimum atomic E-state index is -1.18. The van der Waals surface area contributed by atoms with Gasteiger partial charge in [0.1, 0.15) is 0 Å². The molecule has 7 heavy (non-hydrogen) atoms. The van der Waals surface area contributed by atoms with E-state index in [9.17, 15) is 4.79 Å². The Labute approximate surface area is 39.0 Å². The van der Waals surface area contributed by atoms with Crippen LogP contribution >= 0.6 is 0 Å². The molecule has 2 N–H and O–H groups in total. The Morgan fingerprint density at radius 1 is 2.00 bits per heavy atom. The van der Waals surface area contributed by atoms with Crippen LogP contribution in [0.4, 0.5) is 4.79 Å². The van der Waals surface area contributed by atoms with Crippen LogP contribution in [0.15, 0.2) is 0 Å². The maximum absolute atomic E-state index is 9.61. The minimum absolute atomic E-state index is 1.18. The Kier molecular flexibility index (Phi) is 2.40. The standard InChI is InChI=1S/C2H2N2O3/c3-1-4-2(5)7-6/h6H,(H,4,5). The molecule has 0 aromatic rings. The molecule has 0 bridgehead atoms. The van der Waals surface area contributed by atoms with Gasteiger partial charge in [-0.1, -0.05) is 0 Å². The maximum Gasteiger partial charge on any atom is 0.451 e. The molecular weight excluding hydrogens is 100 g/mol. The van der Waals surface area contributed by atoms with Crippen LogP contribution in [0.25, 0.3) is 0 Å². The molecule has 1 amide bonds. The fourth-order valence-electron chi connectivity index (χ4n) is 0.0685. The number of rotatable bonds is 0. The highest BCUT2D eigenvalue weighted by Crippen LogP contribution is 1.63. The first-order valence-electron chi connectivity index (χ1n) is 1.31. The number of carbonyl (C=O) groups is 1. The molecule has 0 radical (unpaired) electrons. The number of carbonyl (C=O) groups excluding carboxylic acids is 1. The Morgan fingerprint density at radius 2 is 2.57 bits per heavy atom. The Hall–Kier alpha value is -1.28. The molecule has 0 aliphatic carbocycles. The average molecular weight is 102 g/mol. The SMILES string of the molecule is N#CNC(=O)OO. The van der Waals surface area contributed by atoms with Gasteiger partial charge in [0.05, 0.1) is 0 Å². The molecule has 0 saturated heterocycles. The van der Waals surface area contributed by atoms with E-state index in [1.165, 1.54) is 11.5 Å². The molecular formula is C2H2N2O3. The van der Waals surface area contributed by atoms with Gasteiger partial charge >= 0.3 is 6.09 Å². The van der Waals surface area contributed by atoms with E-state index in [4.69, 9.17) is 10.5 Å². The van der Waals surface area contributed by atoms with E-state index < -0.39 is 6.09 Å². The first-order valence-corrected chi connectivity index (χ1v) is 1.31. The van der Waals surface area contributed by atoms with Gasteiger partial charge < -0.3 is 0 Å². The van der Waals surface area contributed by atoms with Crippen LogP contribution in [0.3, 0.4) is 0 Å². The first kappa shape index (κ1) is 5.72. The quantitative estimate of drug-likeness (QED) is 0.190. The number of hydrogen-bond donors (Lipinski definition) is 2. The van der Waals surface area contributed by atoms with Crippen molar-refractivity contribution in [2.75, 3.05) is 0 Å². The third kappa shape index (κ3) is 2.52. The smallest absolute Gasteiger partial charge is 0.277 e. The summed E-state index contributed by atoms with van der Waals surface area (Å²) in [7, 11) is 0. The van der Waals surface area contributed by atoms with E-state index in [2.05, 4.69) is 4.89 Å². The van der Waals surface area contributed by atoms with E-state index >= 15 is 0 Å². The second kappa shape index (κ2) is 2.93. The zero-order chi connectivity index (χ0) is 5.70. The number of amides is 1. The van der Waals surface area contributed by atoms with Gasteiger partial charge in [-0.25, -0.2) is 10.1 Å². The Bertz CT molecular complexity index is 104. The molecule has 0 unspecified atom stereocenters. The van der Waals surface area contributed by atoms with Gasteiger partial charge in [-0.3, -0.25) is 4.89 Å². The van der Waals surface area contributed by atoms with Crippen LogP contribution in [-0.4, -0.2) is 11.4 Å². The lowest BCUT2D eigenvalue weighted by Crippen LogP contribution is -2.16. The molecule has 0 rings (SSSR count). The molecule has 0 spiro atoms. The van der Waals surface area contributed by atoms with E-state index in [1.54, 1.807) is 0 Å². The zero-order valence-electron chi connectivity index (χ0n) is 3.21. The monoisotopic (exact) mass is 102 g/mol. The Balaban J connectivity index is 3.23. The predicted octanol–water partition coefficient (Wildman–Crippen LogP) is -0.333. The fraction of sp³-hybridized carbons (Fsp3) is 0. The van der Waals surface area contributed by atoms with E-state index in [0.717, 1.165) is 0 Å². The van der Waals surface area contributed by atoms with Crippen LogP contribution in [0, 0.1) is 11.5 Å². The van der Waals surface area contributed by atoms with Crippen molar-refractivity contribution in [3.63, 3.8) is 0 Å². The van der Waals surface area contributed by atoms with Crippen molar-refractivity contribution in [3.05, 3.63) is 0 Å². The lowest BCUT2D eigenvalue weighted by Gasteiger charge is -1.84. The molecule has 5 nitrogen and oxygen atoms in total. The molecule has 0 saturated carbocycles. The van der Waals surface area contributed by atoms with Crippen molar-refractivity contribution in [1.29, 1.82) is 5.26 Å². The van der Waals surface area contributed by atoms with Crippen molar-refractivity contribution in [1.82, 2.24) is 5.32 Å². The minimum Gasteiger partial charge on any atom is -0.277 e. The van der Waals surface area contributed by atoms with Gasteiger partial charge in [-0.2, -0.15) is 10.5 Å². The summed E-state index contributed by atoms with van der Waals surface area (Å²) < 4.78 is 0. The maximum atomic E-state index is 9.61. The summed E-state index contributed by atoms with van der Waals surface area (Å²) in [6.07, 6.45) is 0.0556. The molecule has 0 aliphatic heterocycles. The summed E-state index contributed by atoms with van der Waals surface area (Å²) in [5.74, 6) is 0. The summed E-state index contributed by atoms with van der Waals surface area (Å²) in [4.78, 5) is 12.6. The lowest BCUT2D eigenvalue weighted by atomic mass is 11.1. The lowest BCUT2D eigenvalue weighted by molar-refractivity contribution is -0.176. The number of nitriles is 1. The molecule has 5 heteroatoms. The molecule has 0 atom stereocenters. The van der Waals surface area contributed by atoms with E-state index in [1.807, 2.05) is 0 Å². The second-order valence-corrected chi connectivity index (χ2v) is 0.616. The van der Waals surface area contributed by atoms with Crippen LogP contribution in [0.1, 0.15) is 0 Å². The number of hydrogen-bond acceptors (Lipinski definition) is 4. The number of nitrogens with one attached hydrogen (secondary N) is 1. The Morgan fingerprint density at radius 3 is 2.71 bits per heavy atom. The fourth-order valence-corrected chi connectivity index (χ4v) is 0.0685. The van der Waals surface area contributed by atoms with Gasteiger partial charge in [-0.05, 0) is 0 Å². The molecule has 38 valence electrons. The van der Waals surface area contributed by atoms with Gasteiger partial charge in [0.25, 0.3) is 0 Å². The van der Waals surface area contributed by atoms with Crippen molar-refractivity contribution < 1.29 is 14.9 Å². The van der Waals surface area contributed by atoms with E-state index in [-0.39, 0.29) is 0 Å². The van der Waals surface area contributed by atoms with Gasteiger partial charge in [0.15, 0.2) is 6.19 Å². The van der Waals surface area contributed by atoms with Crippen molar-refractivity contribution in [2.24, 2.45) is 0 Å². The third-order valence-corrected chi connectivity index (χ3v) is 0.241. The highest BCUT2D eigenvalue weighted by molar-refractivity contribution is 5.67. The van der Waals surface area contributed by atoms with Crippen molar-refractivity contribution in [3.8, 4) is 6.19 Å². The van der Waals surface area contributed by atoms with E-state index in [0.29, 0.717) is 0 Å². The van der Waals surface area contributed by atoms with Gasteiger partial charge in [0, 0.05) is 0 Å².